The molecule has 0 aliphatic heterocycles. The van der Waals surface area contributed by atoms with Gasteiger partial charge < -0.3 is 10.1 Å². The summed E-state index contributed by atoms with van der Waals surface area (Å²) in [6.07, 6.45) is 4.16. The molecule has 6 nitrogen and oxygen atoms in total. The van der Waals surface area contributed by atoms with Crippen LogP contribution in [0.4, 0.5) is 0 Å². The molecule has 0 unspecified atom stereocenters. The molecule has 0 atom stereocenters. The zero-order valence-electron chi connectivity index (χ0n) is 15.2. The number of aryl methyl sites for hydroxylation is 1. The molecule has 1 aromatic carbocycles. The maximum absolute atomic E-state index is 12.2. The van der Waals surface area contributed by atoms with Crippen molar-refractivity contribution < 1.29 is 14.3 Å². The van der Waals surface area contributed by atoms with Gasteiger partial charge >= 0.3 is 5.97 Å². The highest BCUT2D eigenvalue weighted by atomic mass is 32.1. The van der Waals surface area contributed by atoms with Gasteiger partial charge in [0.2, 0.25) is 0 Å². The van der Waals surface area contributed by atoms with Gasteiger partial charge in [0.05, 0.1) is 6.07 Å². The van der Waals surface area contributed by atoms with Crippen molar-refractivity contribution in [2.45, 2.75) is 44.6 Å². The average Bonchev–Trinajstić information content (AvgIpc) is 3.18. The number of nitriles is 1. The lowest BCUT2D eigenvalue weighted by Gasteiger charge is -2.31. The lowest BCUT2D eigenvalue weighted by molar-refractivity contribution is -0.125. The van der Waals surface area contributed by atoms with Crippen LogP contribution in [0.1, 0.15) is 48.2 Å². The van der Waals surface area contributed by atoms with Gasteiger partial charge in [0.15, 0.2) is 12.3 Å². The Labute approximate surface area is 162 Å². The Morgan fingerprint density at radius 3 is 2.63 bits per heavy atom. The van der Waals surface area contributed by atoms with Crippen LogP contribution in [0, 0.1) is 18.3 Å². The highest BCUT2D eigenvalue weighted by molar-refractivity contribution is 7.13. The quantitative estimate of drug-likeness (QED) is 0.796. The summed E-state index contributed by atoms with van der Waals surface area (Å²) >= 11 is 1.35. The minimum Gasteiger partial charge on any atom is -0.451 e. The summed E-state index contributed by atoms with van der Waals surface area (Å²) in [6.45, 7) is 1.59. The molecule has 1 saturated carbocycles. The van der Waals surface area contributed by atoms with Gasteiger partial charge in [0.25, 0.3) is 5.91 Å². The summed E-state index contributed by atoms with van der Waals surface area (Å²) in [7, 11) is 0. The number of carbonyl (C=O) groups excluding carboxylic acids is 2. The van der Waals surface area contributed by atoms with Crippen molar-refractivity contribution in [3.8, 4) is 16.6 Å². The van der Waals surface area contributed by atoms with Crippen LogP contribution in [0.3, 0.4) is 0 Å². The van der Waals surface area contributed by atoms with Crippen molar-refractivity contribution in [1.82, 2.24) is 10.3 Å². The third-order valence-corrected chi connectivity index (χ3v) is 5.54. The minimum atomic E-state index is -0.832. The van der Waals surface area contributed by atoms with Crippen LogP contribution < -0.4 is 5.32 Å². The summed E-state index contributed by atoms with van der Waals surface area (Å²) in [4.78, 5) is 28.6. The number of hydrogen-bond donors (Lipinski definition) is 1. The van der Waals surface area contributed by atoms with E-state index < -0.39 is 24.0 Å². The maximum atomic E-state index is 12.2. The number of ether oxygens (including phenoxy) is 1. The van der Waals surface area contributed by atoms with Crippen LogP contribution in [0.2, 0.25) is 0 Å². The molecule has 1 aromatic heterocycles. The van der Waals surface area contributed by atoms with Gasteiger partial charge in [-0.25, -0.2) is 9.78 Å². The first-order valence-corrected chi connectivity index (χ1v) is 9.81. The van der Waals surface area contributed by atoms with Gasteiger partial charge in [-0.2, -0.15) is 5.26 Å². The predicted molar refractivity (Wildman–Crippen MR) is 102 cm³/mol. The number of aromatic nitrogens is 1. The number of nitrogens with one attached hydrogen (secondary N) is 1. The molecule has 0 radical (unpaired) electrons. The van der Waals surface area contributed by atoms with Crippen LogP contribution in [-0.4, -0.2) is 29.0 Å². The van der Waals surface area contributed by atoms with E-state index in [1.54, 1.807) is 5.38 Å². The summed E-state index contributed by atoms with van der Waals surface area (Å²) in [5, 5.41) is 14.5. The number of thiazole rings is 1. The molecule has 27 heavy (non-hydrogen) atoms. The third kappa shape index (κ3) is 4.72. The first-order valence-electron chi connectivity index (χ1n) is 8.93. The zero-order chi connectivity index (χ0) is 19.3. The van der Waals surface area contributed by atoms with Crippen LogP contribution in [0.25, 0.3) is 10.6 Å². The van der Waals surface area contributed by atoms with Gasteiger partial charge in [0.1, 0.15) is 10.5 Å². The van der Waals surface area contributed by atoms with Gasteiger partial charge in [0, 0.05) is 10.9 Å². The second kappa shape index (κ2) is 8.31. The molecular formula is C20H21N3O3S. The van der Waals surface area contributed by atoms with Crippen LogP contribution in [-0.2, 0) is 9.53 Å². The molecule has 1 amide bonds. The largest absolute Gasteiger partial charge is 0.451 e. The third-order valence-electron chi connectivity index (χ3n) is 4.65. The van der Waals surface area contributed by atoms with Crippen molar-refractivity contribution in [3.63, 3.8) is 0 Å². The van der Waals surface area contributed by atoms with Gasteiger partial charge in [-0.3, -0.25) is 4.79 Å². The summed E-state index contributed by atoms with van der Waals surface area (Å²) in [6, 6.07) is 10.1. The minimum absolute atomic E-state index is 0.177. The highest BCUT2D eigenvalue weighted by Gasteiger charge is 2.33. The van der Waals surface area contributed by atoms with Gasteiger partial charge in [-0.15, -0.1) is 11.3 Å². The molecule has 1 N–H and O–H groups in total. The summed E-state index contributed by atoms with van der Waals surface area (Å²) in [5.74, 6) is -1.10. The lowest BCUT2D eigenvalue weighted by Crippen LogP contribution is -2.50. The van der Waals surface area contributed by atoms with Crippen LogP contribution >= 0.6 is 11.3 Å². The number of nitrogens with zero attached hydrogens (tertiary/aromatic N) is 2. The highest BCUT2D eigenvalue weighted by Crippen LogP contribution is 2.27. The van der Waals surface area contributed by atoms with Crippen molar-refractivity contribution in [1.29, 1.82) is 5.26 Å². The SMILES string of the molecule is Cc1ccc(-c2nc(C(=O)OCC(=O)NC3(C#N)CCCCC3)cs2)cc1. The molecule has 1 aliphatic carbocycles. The molecule has 0 bridgehead atoms. The van der Waals surface area contributed by atoms with Crippen molar-refractivity contribution in [2.75, 3.05) is 6.61 Å². The predicted octanol–water partition coefficient (Wildman–Crippen LogP) is 3.62. The second-order valence-corrected chi connectivity index (χ2v) is 7.64. The molecular weight excluding hydrogens is 362 g/mol. The van der Waals surface area contributed by atoms with E-state index in [4.69, 9.17) is 4.74 Å². The lowest BCUT2D eigenvalue weighted by atomic mass is 9.83. The Balaban J connectivity index is 1.55. The van der Waals surface area contributed by atoms with E-state index in [-0.39, 0.29) is 5.69 Å². The summed E-state index contributed by atoms with van der Waals surface area (Å²) in [5.41, 5.74) is 1.42. The van der Waals surface area contributed by atoms with Crippen LogP contribution in [0.5, 0.6) is 0 Å². The monoisotopic (exact) mass is 383 g/mol. The van der Waals surface area contributed by atoms with E-state index in [2.05, 4.69) is 16.4 Å². The van der Waals surface area contributed by atoms with E-state index in [0.29, 0.717) is 12.8 Å². The Morgan fingerprint density at radius 1 is 1.26 bits per heavy atom. The van der Waals surface area contributed by atoms with E-state index in [9.17, 15) is 14.9 Å². The van der Waals surface area contributed by atoms with E-state index in [1.165, 1.54) is 11.3 Å². The fourth-order valence-electron chi connectivity index (χ4n) is 3.12. The van der Waals surface area contributed by atoms with Crippen LogP contribution in [0.15, 0.2) is 29.6 Å². The fraction of sp³-hybridized carbons (Fsp3) is 0.400. The molecule has 1 fully saturated rings. The summed E-state index contributed by atoms with van der Waals surface area (Å²) < 4.78 is 5.07. The zero-order valence-corrected chi connectivity index (χ0v) is 16.0. The smallest absolute Gasteiger partial charge is 0.358 e. The number of carbonyl (C=O) groups is 2. The maximum Gasteiger partial charge on any atom is 0.358 e. The Bertz CT molecular complexity index is 861. The second-order valence-electron chi connectivity index (χ2n) is 6.78. The molecule has 2 aromatic rings. The molecule has 1 aliphatic rings. The van der Waals surface area contributed by atoms with E-state index in [1.807, 2.05) is 31.2 Å². The first-order chi connectivity index (χ1) is 13.0. The van der Waals surface area contributed by atoms with Gasteiger partial charge in [-0.05, 0) is 19.8 Å². The number of esters is 1. The Kier molecular flexibility index (Phi) is 5.87. The molecule has 140 valence electrons. The first kappa shape index (κ1) is 19.1. The topological polar surface area (TPSA) is 92.1 Å². The molecule has 7 heteroatoms. The van der Waals surface area contributed by atoms with Gasteiger partial charge in [-0.1, -0.05) is 49.1 Å². The number of hydrogen-bond acceptors (Lipinski definition) is 6. The fourth-order valence-corrected chi connectivity index (χ4v) is 3.92. The number of amides is 1. The number of benzene rings is 1. The van der Waals surface area contributed by atoms with E-state index >= 15 is 0 Å². The van der Waals surface area contributed by atoms with Crippen molar-refractivity contribution in [2.24, 2.45) is 0 Å². The Morgan fingerprint density at radius 2 is 1.96 bits per heavy atom. The number of rotatable bonds is 5. The average molecular weight is 383 g/mol. The molecule has 0 saturated heterocycles. The normalized spacial score (nSPS) is 15.6. The van der Waals surface area contributed by atoms with Crippen molar-refractivity contribution >= 4 is 23.2 Å². The molecule has 0 spiro atoms. The molecule has 3 rings (SSSR count). The molecule has 1 heterocycles. The Hall–Kier alpha value is -2.72. The van der Waals surface area contributed by atoms with E-state index in [0.717, 1.165) is 35.4 Å². The van der Waals surface area contributed by atoms with Crippen molar-refractivity contribution in [3.05, 3.63) is 40.9 Å². The standard InChI is InChI=1S/C20H21N3O3S/c1-14-5-7-15(8-6-14)18-22-16(12-27-18)19(25)26-11-17(24)23-20(13-21)9-3-2-4-10-20/h5-8,12H,2-4,9-11H2,1H3,(H,23,24).